The Hall–Kier alpha value is -4.34. The molecule has 8 aromatic rings. The molecule has 50 heavy (non-hydrogen) atoms. The molecule has 0 aliphatic heterocycles. The van der Waals surface area contributed by atoms with Gasteiger partial charge in [0.25, 0.3) is 0 Å². The van der Waals surface area contributed by atoms with Crippen LogP contribution in [0.25, 0.3) is 10.8 Å². The summed E-state index contributed by atoms with van der Waals surface area (Å²) >= 11 is 0. The first-order valence-corrected chi connectivity index (χ1v) is 18.8. The molecule has 249 valence electrons. The Balaban J connectivity index is 0.000000173. The summed E-state index contributed by atoms with van der Waals surface area (Å²) in [6, 6.07) is 82.0. The largest absolute Gasteiger partial charge is 1.00 e. The van der Waals surface area contributed by atoms with Gasteiger partial charge in [-0.3, -0.25) is 0 Å². The monoisotopic (exact) mass is 744 g/mol. The van der Waals surface area contributed by atoms with E-state index in [0.29, 0.717) is 0 Å². The average Bonchev–Trinajstić information content (AvgIpc) is 3.18. The summed E-state index contributed by atoms with van der Waals surface area (Å²) in [5.74, 6) is 0. The Morgan fingerprint density at radius 1 is 0.280 bits per heavy atom. The predicted molar refractivity (Wildman–Crippen MR) is 213 cm³/mol. The van der Waals surface area contributed by atoms with Crippen LogP contribution in [0.15, 0.2) is 224 Å². The van der Waals surface area contributed by atoms with Crippen LogP contribution in [0.2, 0.25) is 0 Å². The van der Waals surface area contributed by atoms with Crippen molar-refractivity contribution in [3.63, 3.8) is 0 Å². The minimum absolute atomic E-state index is 0. The van der Waals surface area contributed by atoms with E-state index in [2.05, 4.69) is 206 Å². The third-order valence-corrected chi connectivity index (χ3v) is 12.5. The first-order chi connectivity index (χ1) is 23.9. The molecule has 0 saturated heterocycles. The van der Waals surface area contributed by atoms with Crippen molar-refractivity contribution in [3.8, 4) is 0 Å². The van der Waals surface area contributed by atoms with Crippen LogP contribution in [-0.4, -0.2) is 0 Å². The first-order valence-electron chi connectivity index (χ1n) is 16.1. The van der Waals surface area contributed by atoms with Crippen LogP contribution in [-0.2, 0) is 16.5 Å². The first kappa shape index (κ1) is 38.5. The van der Waals surface area contributed by atoms with Gasteiger partial charge in [-0.15, -0.1) is 0 Å². The normalized spacial score (nSPS) is 10.0. The van der Waals surface area contributed by atoms with Gasteiger partial charge >= 0.3 is 0 Å². The summed E-state index contributed by atoms with van der Waals surface area (Å²) in [5.41, 5.74) is 0. The molecule has 0 saturated carbocycles. The summed E-state index contributed by atoms with van der Waals surface area (Å²) in [4.78, 5) is 0. The fourth-order valence-electron chi connectivity index (χ4n) is 5.42. The molecule has 0 heterocycles. The van der Waals surface area contributed by atoms with Gasteiger partial charge in [0.05, 0.1) is 0 Å². The van der Waals surface area contributed by atoms with E-state index in [1.54, 1.807) is 0 Å². The molecule has 8 rings (SSSR count). The topological polar surface area (TPSA) is 0 Å². The van der Waals surface area contributed by atoms with Crippen LogP contribution < -0.4 is 44.2 Å². The van der Waals surface area contributed by atoms with Gasteiger partial charge in [-0.25, -0.2) is 0 Å². The number of rotatable bonds is 6. The third-order valence-electron chi connectivity index (χ3n) is 7.66. The molecule has 8 aromatic carbocycles. The molecule has 4 heteroatoms. The second-order valence-corrected chi connectivity index (χ2v) is 15.4. The zero-order chi connectivity index (χ0) is 32.6. The SMILES string of the molecule is [Cl-].[Ni].[c]1cccc2ccccc12.c1ccc(P(c2ccccc2)c2ccccc2)cc1.c1ccc(P(c2ccccc2)c2ccccc2)cc1. The van der Waals surface area contributed by atoms with Crippen LogP contribution in [0.3, 0.4) is 0 Å². The number of halogens is 1. The molecule has 0 N–H and O–H groups in total. The fourth-order valence-corrected chi connectivity index (χ4v) is 10.0. The second-order valence-electron chi connectivity index (χ2n) is 10.9. The summed E-state index contributed by atoms with van der Waals surface area (Å²) in [5, 5.41) is 10.8. The van der Waals surface area contributed by atoms with E-state index in [1.165, 1.54) is 42.6 Å². The summed E-state index contributed by atoms with van der Waals surface area (Å²) < 4.78 is 0. The average molecular weight is 746 g/mol. The summed E-state index contributed by atoms with van der Waals surface area (Å²) in [6.45, 7) is 0. The van der Waals surface area contributed by atoms with Crippen LogP contribution in [0, 0.1) is 6.07 Å². The van der Waals surface area contributed by atoms with Gasteiger partial charge in [0, 0.05) is 16.5 Å². The minimum Gasteiger partial charge on any atom is -1.00 e. The van der Waals surface area contributed by atoms with E-state index >= 15 is 0 Å². The third kappa shape index (κ3) is 10.8. The number of hydrogen-bond donors (Lipinski definition) is 0. The van der Waals surface area contributed by atoms with E-state index in [0.717, 1.165) is 0 Å². The predicted octanol–water partition coefficient (Wildman–Crippen LogP) is 6.53. The maximum absolute atomic E-state index is 3.15. The van der Waals surface area contributed by atoms with Crippen molar-refractivity contribution >= 4 is 58.4 Å². The van der Waals surface area contributed by atoms with Crippen molar-refractivity contribution in [1.82, 2.24) is 0 Å². The van der Waals surface area contributed by atoms with E-state index in [9.17, 15) is 0 Å². The van der Waals surface area contributed by atoms with Crippen molar-refractivity contribution in [3.05, 3.63) is 231 Å². The molecule has 0 aromatic heterocycles. The zero-order valence-corrected chi connectivity index (χ0v) is 31.0. The van der Waals surface area contributed by atoms with E-state index in [1.807, 2.05) is 24.3 Å². The van der Waals surface area contributed by atoms with E-state index in [4.69, 9.17) is 0 Å². The van der Waals surface area contributed by atoms with Gasteiger partial charge in [-0.1, -0.05) is 224 Å². The van der Waals surface area contributed by atoms with E-state index in [-0.39, 0.29) is 28.9 Å². The Morgan fingerprint density at radius 3 is 0.800 bits per heavy atom. The van der Waals surface area contributed by atoms with Gasteiger partial charge in [0.1, 0.15) is 0 Å². The maximum atomic E-state index is 3.15. The van der Waals surface area contributed by atoms with Crippen LogP contribution in [0.1, 0.15) is 0 Å². The maximum Gasteiger partial charge on any atom is 0 e. The molecule has 0 atom stereocenters. The molecular formula is C46H37ClNiP2-. The fraction of sp³-hybridized carbons (Fsp3) is 0. The van der Waals surface area contributed by atoms with Crippen LogP contribution >= 0.6 is 15.8 Å². The van der Waals surface area contributed by atoms with Gasteiger partial charge < -0.3 is 12.4 Å². The Bertz CT molecular complexity index is 1690. The van der Waals surface area contributed by atoms with Crippen molar-refractivity contribution in [2.24, 2.45) is 0 Å². The van der Waals surface area contributed by atoms with Crippen molar-refractivity contribution in [2.75, 3.05) is 0 Å². The zero-order valence-electron chi connectivity index (χ0n) is 27.5. The molecule has 0 aliphatic carbocycles. The van der Waals surface area contributed by atoms with Gasteiger partial charge in [0.2, 0.25) is 0 Å². The Kier molecular flexibility index (Phi) is 16.2. The quantitative estimate of drug-likeness (QED) is 0.134. The number of hydrogen-bond acceptors (Lipinski definition) is 0. The number of fused-ring (bicyclic) bond motifs is 1. The molecule has 1 radical (unpaired) electrons. The molecular weight excluding hydrogens is 709 g/mol. The molecule has 0 spiro atoms. The number of benzene rings is 8. The van der Waals surface area contributed by atoms with Crippen LogP contribution in [0.5, 0.6) is 0 Å². The van der Waals surface area contributed by atoms with Gasteiger partial charge in [-0.05, 0) is 64.5 Å². The molecule has 0 amide bonds. The van der Waals surface area contributed by atoms with Crippen molar-refractivity contribution in [2.45, 2.75) is 0 Å². The molecule has 0 unspecified atom stereocenters. The smallest absolute Gasteiger partial charge is 0 e. The summed E-state index contributed by atoms with van der Waals surface area (Å²) in [7, 11) is -0.892. The van der Waals surface area contributed by atoms with Gasteiger partial charge in [-0.2, -0.15) is 0 Å². The van der Waals surface area contributed by atoms with Gasteiger partial charge in [0.15, 0.2) is 0 Å². The Morgan fingerprint density at radius 2 is 0.520 bits per heavy atom. The standard InChI is InChI=1S/2C18H15P.C10H7.ClH.Ni/c2*1-4-10-16(11-5-1)19(17-12-6-2-7-13-17)18-14-8-3-9-15-18;1-2-6-10-8-4-3-7-9(10)5-1;;/h2*1-15H;1-7H;1H;/p-1. The molecule has 0 bridgehead atoms. The molecule has 0 nitrogen and oxygen atoms in total. The minimum atomic E-state index is -0.446. The van der Waals surface area contributed by atoms with Crippen molar-refractivity contribution in [1.29, 1.82) is 0 Å². The van der Waals surface area contributed by atoms with Crippen LogP contribution in [0.4, 0.5) is 0 Å². The molecule has 0 fully saturated rings. The summed E-state index contributed by atoms with van der Waals surface area (Å²) in [6.07, 6.45) is 0. The van der Waals surface area contributed by atoms with Crippen molar-refractivity contribution < 1.29 is 28.9 Å². The second kappa shape index (κ2) is 21.0. The molecule has 0 aliphatic rings. The Labute approximate surface area is 316 Å². The van der Waals surface area contributed by atoms with E-state index < -0.39 is 15.8 Å².